The Kier molecular flexibility index (Phi) is 7.66. The lowest BCUT2D eigenvalue weighted by molar-refractivity contribution is -0.111. The second-order valence-corrected chi connectivity index (χ2v) is 7.97. The number of ether oxygens (including phenoxy) is 1. The number of hydrogen-bond donors (Lipinski definition) is 1. The van der Waals surface area contributed by atoms with Crippen LogP contribution in [-0.4, -0.2) is 12.5 Å². The van der Waals surface area contributed by atoms with Gasteiger partial charge < -0.3 is 10.1 Å². The van der Waals surface area contributed by atoms with E-state index >= 15 is 0 Å². The number of carbonyl (C=O) groups excluding carboxylic acids is 1. The van der Waals surface area contributed by atoms with Crippen molar-refractivity contribution in [3.63, 3.8) is 0 Å². The average molecular weight is 430 g/mol. The highest BCUT2D eigenvalue weighted by Crippen LogP contribution is 2.32. The number of nitrogens with one attached hydrogen (secondary N) is 1. The van der Waals surface area contributed by atoms with E-state index < -0.39 is 0 Å². The van der Waals surface area contributed by atoms with Crippen LogP contribution in [0.25, 0.3) is 6.08 Å². The molecule has 27 heavy (non-hydrogen) atoms. The summed E-state index contributed by atoms with van der Waals surface area (Å²) in [7, 11) is 0. The third-order valence-corrected chi connectivity index (χ3v) is 4.80. The molecule has 0 saturated heterocycles. The standard InChI is InChI=1S/C23H28BrNO2/c1-6-27-21-12-11-18(24)14-17(21)10-13-22(26)25-23-19(15(2)3)8-7-9-20(23)16(4)5/h7-16H,6H2,1-5H3,(H,25,26). The van der Waals surface area contributed by atoms with Crippen LogP contribution in [0.4, 0.5) is 5.69 Å². The van der Waals surface area contributed by atoms with Gasteiger partial charge in [0, 0.05) is 21.8 Å². The number of anilines is 1. The molecule has 2 rings (SSSR count). The summed E-state index contributed by atoms with van der Waals surface area (Å²) in [6.45, 7) is 11.1. The SMILES string of the molecule is CCOc1ccc(Br)cc1C=CC(=O)Nc1c(C(C)C)cccc1C(C)C. The summed E-state index contributed by atoms with van der Waals surface area (Å²) in [5, 5.41) is 3.10. The van der Waals surface area contributed by atoms with E-state index in [0.29, 0.717) is 18.4 Å². The molecule has 1 N–H and O–H groups in total. The Morgan fingerprint density at radius 3 is 2.30 bits per heavy atom. The van der Waals surface area contributed by atoms with Gasteiger partial charge in [0.05, 0.1) is 6.61 Å². The van der Waals surface area contributed by atoms with E-state index in [-0.39, 0.29) is 5.91 Å². The summed E-state index contributed by atoms with van der Waals surface area (Å²) in [6, 6.07) is 12.0. The molecule has 0 unspecified atom stereocenters. The molecule has 4 heteroatoms. The Morgan fingerprint density at radius 1 is 1.11 bits per heavy atom. The topological polar surface area (TPSA) is 38.3 Å². The number of amides is 1. The number of carbonyl (C=O) groups is 1. The van der Waals surface area contributed by atoms with Gasteiger partial charge >= 0.3 is 0 Å². The normalized spacial score (nSPS) is 11.4. The van der Waals surface area contributed by atoms with Gasteiger partial charge in [-0.2, -0.15) is 0 Å². The van der Waals surface area contributed by atoms with Crippen molar-refractivity contribution in [3.05, 3.63) is 63.6 Å². The average Bonchev–Trinajstić information content (AvgIpc) is 2.61. The molecule has 0 aliphatic heterocycles. The molecule has 0 radical (unpaired) electrons. The first-order valence-electron chi connectivity index (χ1n) is 9.37. The van der Waals surface area contributed by atoms with Crippen molar-refractivity contribution in [2.45, 2.75) is 46.5 Å². The minimum atomic E-state index is -0.146. The first-order chi connectivity index (χ1) is 12.8. The fourth-order valence-corrected chi connectivity index (χ4v) is 3.34. The number of para-hydroxylation sites is 1. The quantitative estimate of drug-likeness (QED) is 0.494. The first-order valence-corrected chi connectivity index (χ1v) is 10.2. The van der Waals surface area contributed by atoms with Crippen LogP contribution in [0, 0.1) is 0 Å². The third kappa shape index (κ3) is 5.70. The van der Waals surface area contributed by atoms with E-state index in [0.717, 1.165) is 32.6 Å². The Hall–Kier alpha value is -2.07. The van der Waals surface area contributed by atoms with Gasteiger partial charge in [0.2, 0.25) is 5.91 Å². The van der Waals surface area contributed by atoms with Gasteiger partial charge in [0.25, 0.3) is 0 Å². The smallest absolute Gasteiger partial charge is 0.248 e. The molecule has 144 valence electrons. The van der Waals surface area contributed by atoms with Crippen molar-refractivity contribution in [2.24, 2.45) is 0 Å². The molecule has 0 spiro atoms. The van der Waals surface area contributed by atoms with Crippen LogP contribution in [0.3, 0.4) is 0 Å². The molecule has 2 aromatic carbocycles. The van der Waals surface area contributed by atoms with E-state index in [2.05, 4.69) is 67.1 Å². The first kappa shape index (κ1) is 21.2. The Balaban J connectivity index is 2.29. The molecule has 2 aromatic rings. The van der Waals surface area contributed by atoms with Crippen LogP contribution in [0.5, 0.6) is 5.75 Å². The molecule has 0 atom stereocenters. The fourth-order valence-electron chi connectivity index (χ4n) is 2.96. The van der Waals surface area contributed by atoms with Gasteiger partial charge in [0.1, 0.15) is 5.75 Å². The van der Waals surface area contributed by atoms with Gasteiger partial charge in [0.15, 0.2) is 0 Å². The Labute approximate surface area is 171 Å². The maximum absolute atomic E-state index is 12.6. The predicted octanol–water partition coefficient (Wildman–Crippen LogP) is 6.75. The molecular weight excluding hydrogens is 402 g/mol. The maximum Gasteiger partial charge on any atom is 0.248 e. The van der Waals surface area contributed by atoms with Crippen LogP contribution in [0.15, 0.2) is 46.9 Å². The monoisotopic (exact) mass is 429 g/mol. The minimum absolute atomic E-state index is 0.146. The van der Waals surface area contributed by atoms with Crippen LogP contribution >= 0.6 is 15.9 Å². The van der Waals surface area contributed by atoms with Crippen molar-refractivity contribution in [1.29, 1.82) is 0 Å². The molecule has 0 aromatic heterocycles. The summed E-state index contributed by atoms with van der Waals surface area (Å²) in [5.41, 5.74) is 4.10. The molecule has 0 aliphatic carbocycles. The zero-order chi connectivity index (χ0) is 20.0. The molecule has 0 heterocycles. The van der Waals surface area contributed by atoms with Gasteiger partial charge in [-0.25, -0.2) is 0 Å². The molecular formula is C23H28BrNO2. The van der Waals surface area contributed by atoms with Crippen LogP contribution < -0.4 is 10.1 Å². The van der Waals surface area contributed by atoms with Gasteiger partial charge in [-0.1, -0.05) is 61.8 Å². The number of halogens is 1. The van der Waals surface area contributed by atoms with Gasteiger partial charge in [-0.3, -0.25) is 4.79 Å². The second kappa shape index (κ2) is 9.75. The van der Waals surface area contributed by atoms with Crippen molar-refractivity contribution < 1.29 is 9.53 Å². The fraction of sp³-hybridized carbons (Fsp3) is 0.348. The van der Waals surface area contributed by atoms with Crippen LogP contribution in [0.1, 0.15) is 63.1 Å². The number of benzene rings is 2. The highest BCUT2D eigenvalue weighted by Gasteiger charge is 2.15. The molecule has 0 aliphatic rings. The summed E-state index contributed by atoms with van der Waals surface area (Å²) >= 11 is 3.47. The summed E-state index contributed by atoms with van der Waals surface area (Å²) < 4.78 is 6.58. The lowest BCUT2D eigenvalue weighted by atomic mass is 9.92. The van der Waals surface area contributed by atoms with E-state index in [4.69, 9.17) is 4.74 Å². The maximum atomic E-state index is 12.6. The zero-order valence-electron chi connectivity index (χ0n) is 16.7. The minimum Gasteiger partial charge on any atom is -0.493 e. The van der Waals surface area contributed by atoms with E-state index in [9.17, 15) is 4.79 Å². The zero-order valence-corrected chi connectivity index (χ0v) is 18.3. The second-order valence-electron chi connectivity index (χ2n) is 7.06. The molecule has 0 saturated carbocycles. The largest absolute Gasteiger partial charge is 0.493 e. The summed E-state index contributed by atoms with van der Waals surface area (Å²) in [4.78, 5) is 12.6. The van der Waals surface area contributed by atoms with E-state index in [1.54, 1.807) is 12.2 Å². The lowest BCUT2D eigenvalue weighted by Gasteiger charge is -2.19. The van der Waals surface area contributed by atoms with Crippen LogP contribution in [0.2, 0.25) is 0 Å². The predicted molar refractivity (Wildman–Crippen MR) is 118 cm³/mol. The molecule has 0 bridgehead atoms. The van der Waals surface area contributed by atoms with Crippen molar-refractivity contribution in [1.82, 2.24) is 0 Å². The van der Waals surface area contributed by atoms with E-state index in [1.807, 2.05) is 25.1 Å². The summed E-state index contributed by atoms with van der Waals surface area (Å²) in [6.07, 6.45) is 3.35. The van der Waals surface area contributed by atoms with Crippen LogP contribution in [-0.2, 0) is 4.79 Å². The molecule has 3 nitrogen and oxygen atoms in total. The number of hydrogen-bond acceptors (Lipinski definition) is 2. The Bertz CT molecular complexity index is 799. The van der Waals surface area contributed by atoms with Crippen molar-refractivity contribution in [3.8, 4) is 5.75 Å². The van der Waals surface area contributed by atoms with Crippen molar-refractivity contribution in [2.75, 3.05) is 11.9 Å². The highest BCUT2D eigenvalue weighted by atomic mass is 79.9. The lowest BCUT2D eigenvalue weighted by Crippen LogP contribution is -2.13. The highest BCUT2D eigenvalue weighted by molar-refractivity contribution is 9.10. The van der Waals surface area contributed by atoms with E-state index in [1.165, 1.54) is 0 Å². The molecule has 1 amide bonds. The van der Waals surface area contributed by atoms with Gasteiger partial charge in [-0.15, -0.1) is 0 Å². The van der Waals surface area contributed by atoms with Gasteiger partial charge in [-0.05, 0) is 54.2 Å². The third-order valence-electron chi connectivity index (χ3n) is 4.31. The Morgan fingerprint density at radius 2 is 1.74 bits per heavy atom. The summed E-state index contributed by atoms with van der Waals surface area (Å²) in [5.74, 6) is 1.28. The number of rotatable bonds is 7. The molecule has 0 fully saturated rings. The van der Waals surface area contributed by atoms with Crippen molar-refractivity contribution >= 4 is 33.6 Å².